The van der Waals surface area contributed by atoms with Crippen LogP contribution in [0.1, 0.15) is 56.1 Å². The first-order chi connectivity index (χ1) is 11.4. The van der Waals surface area contributed by atoms with Crippen molar-refractivity contribution in [1.82, 2.24) is 4.90 Å². The van der Waals surface area contributed by atoms with E-state index in [0.29, 0.717) is 11.5 Å². The van der Waals surface area contributed by atoms with Crippen molar-refractivity contribution in [2.24, 2.45) is 11.8 Å². The number of nitrogens with zero attached hydrogens (tertiary/aromatic N) is 1. The zero-order chi connectivity index (χ0) is 15.0. The average Bonchev–Trinajstić information content (AvgIpc) is 2.85. The van der Waals surface area contributed by atoms with Gasteiger partial charge in [-0.3, -0.25) is 4.90 Å². The van der Waals surface area contributed by atoms with Crippen LogP contribution in [0.15, 0.2) is 18.2 Å². The smallest absolute Gasteiger partial charge is 0.123 e. The van der Waals surface area contributed by atoms with Crippen molar-refractivity contribution in [1.29, 1.82) is 0 Å². The highest BCUT2D eigenvalue weighted by atomic mass is 16.5. The fourth-order valence-corrected chi connectivity index (χ4v) is 6.80. The SMILES string of the molecule is c1cc2c3c(c1)O[C@H]1CCC[C@H]4[C@@H](C2)N(CC2CCC2)CC[C@]314. The molecular formula is C21H27NO. The maximum atomic E-state index is 6.51. The molecule has 0 unspecified atom stereocenters. The molecule has 2 heteroatoms. The van der Waals surface area contributed by atoms with E-state index in [1.54, 1.807) is 11.1 Å². The lowest BCUT2D eigenvalue weighted by Gasteiger charge is -2.59. The molecule has 1 aromatic carbocycles. The molecule has 0 aromatic heterocycles. The minimum Gasteiger partial charge on any atom is -0.489 e. The van der Waals surface area contributed by atoms with Crippen LogP contribution in [0.2, 0.25) is 0 Å². The van der Waals surface area contributed by atoms with Gasteiger partial charge in [0, 0.05) is 23.6 Å². The van der Waals surface area contributed by atoms with Gasteiger partial charge in [-0.25, -0.2) is 0 Å². The Balaban J connectivity index is 1.45. The first-order valence-electron chi connectivity index (χ1n) is 9.89. The van der Waals surface area contributed by atoms with Crippen molar-refractivity contribution in [3.63, 3.8) is 0 Å². The van der Waals surface area contributed by atoms with Gasteiger partial charge in [0.25, 0.3) is 0 Å². The molecule has 2 saturated carbocycles. The molecule has 2 nitrogen and oxygen atoms in total. The molecule has 23 heavy (non-hydrogen) atoms. The molecule has 0 N–H and O–H groups in total. The molecule has 2 heterocycles. The number of rotatable bonds is 2. The van der Waals surface area contributed by atoms with E-state index in [-0.39, 0.29) is 0 Å². The molecular weight excluding hydrogens is 282 g/mol. The summed E-state index contributed by atoms with van der Waals surface area (Å²) in [6, 6.07) is 7.66. The molecule has 2 bridgehead atoms. The van der Waals surface area contributed by atoms with E-state index in [1.165, 1.54) is 70.2 Å². The third-order valence-corrected chi connectivity index (χ3v) is 7.96. The fraction of sp³-hybridized carbons (Fsp3) is 0.714. The Bertz CT molecular complexity index is 651. The maximum Gasteiger partial charge on any atom is 0.123 e. The highest BCUT2D eigenvalue weighted by Crippen LogP contribution is 2.62. The van der Waals surface area contributed by atoms with Crippen molar-refractivity contribution in [2.75, 3.05) is 13.1 Å². The summed E-state index contributed by atoms with van der Waals surface area (Å²) in [5.41, 5.74) is 3.64. The summed E-state index contributed by atoms with van der Waals surface area (Å²) in [6.07, 6.45) is 11.6. The van der Waals surface area contributed by atoms with E-state index in [9.17, 15) is 0 Å². The zero-order valence-electron chi connectivity index (χ0n) is 14.0. The van der Waals surface area contributed by atoms with E-state index < -0.39 is 0 Å². The van der Waals surface area contributed by atoms with Gasteiger partial charge in [0.1, 0.15) is 11.9 Å². The standard InChI is InChI=1S/C21H27NO/c1-4-14(5-1)13-22-11-10-21-16-7-3-9-19(21)23-18-8-2-6-15(20(18)21)12-17(16)22/h2,6,8,14,16-17,19H,1,3-5,7,9-13H2/t16-,17+,19-,21+/m0/s1. The maximum absolute atomic E-state index is 6.51. The second-order valence-corrected chi connectivity index (χ2v) is 8.79. The second-order valence-electron chi connectivity index (χ2n) is 8.79. The summed E-state index contributed by atoms with van der Waals surface area (Å²) in [5, 5.41) is 0. The van der Waals surface area contributed by atoms with E-state index in [4.69, 9.17) is 4.74 Å². The van der Waals surface area contributed by atoms with Crippen molar-refractivity contribution in [2.45, 2.75) is 68.9 Å². The number of benzene rings is 1. The van der Waals surface area contributed by atoms with Gasteiger partial charge in [-0.05, 0) is 75.0 Å². The Labute approximate surface area is 139 Å². The van der Waals surface area contributed by atoms with E-state index >= 15 is 0 Å². The lowest BCUT2D eigenvalue weighted by Crippen LogP contribution is -2.64. The number of hydrogen-bond donors (Lipinski definition) is 0. The van der Waals surface area contributed by atoms with E-state index in [0.717, 1.165) is 17.9 Å². The van der Waals surface area contributed by atoms with Crippen LogP contribution in [0.4, 0.5) is 0 Å². The molecule has 1 spiro atoms. The largest absolute Gasteiger partial charge is 0.489 e. The third kappa shape index (κ3) is 1.59. The number of piperidine rings is 1. The van der Waals surface area contributed by atoms with Gasteiger partial charge in [0.05, 0.1) is 0 Å². The van der Waals surface area contributed by atoms with Gasteiger partial charge in [-0.2, -0.15) is 0 Å². The van der Waals surface area contributed by atoms with Crippen LogP contribution < -0.4 is 4.74 Å². The molecule has 5 aliphatic rings. The first-order valence-corrected chi connectivity index (χ1v) is 9.89. The summed E-state index contributed by atoms with van der Waals surface area (Å²) < 4.78 is 6.51. The number of likely N-dealkylation sites (tertiary alicyclic amines) is 1. The molecule has 1 saturated heterocycles. The van der Waals surface area contributed by atoms with Crippen LogP contribution in [-0.4, -0.2) is 30.1 Å². The van der Waals surface area contributed by atoms with Crippen LogP contribution in [0.25, 0.3) is 0 Å². The lowest BCUT2D eigenvalue weighted by atomic mass is 9.52. The van der Waals surface area contributed by atoms with Gasteiger partial charge >= 0.3 is 0 Å². The van der Waals surface area contributed by atoms with Crippen molar-refractivity contribution >= 4 is 0 Å². The predicted octanol–water partition coefficient (Wildman–Crippen LogP) is 3.92. The van der Waals surface area contributed by atoms with Gasteiger partial charge in [-0.15, -0.1) is 0 Å². The third-order valence-electron chi connectivity index (χ3n) is 7.96. The quantitative estimate of drug-likeness (QED) is 0.821. The fourth-order valence-electron chi connectivity index (χ4n) is 6.80. The predicted molar refractivity (Wildman–Crippen MR) is 90.9 cm³/mol. The van der Waals surface area contributed by atoms with Crippen LogP contribution in [-0.2, 0) is 11.8 Å². The summed E-state index contributed by atoms with van der Waals surface area (Å²) in [6.45, 7) is 2.68. The van der Waals surface area contributed by atoms with Crippen molar-refractivity contribution < 1.29 is 4.74 Å². The average molecular weight is 309 g/mol. The van der Waals surface area contributed by atoms with Crippen LogP contribution in [0.5, 0.6) is 5.75 Å². The molecule has 0 radical (unpaired) electrons. The normalized spacial score (nSPS) is 41.1. The van der Waals surface area contributed by atoms with Crippen LogP contribution >= 0.6 is 0 Å². The number of hydrogen-bond acceptors (Lipinski definition) is 2. The summed E-state index contributed by atoms with van der Waals surface area (Å²) in [4.78, 5) is 2.90. The Kier molecular flexibility index (Phi) is 2.62. The van der Waals surface area contributed by atoms with Crippen LogP contribution in [0.3, 0.4) is 0 Å². The molecule has 3 fully saturated rings. The van der Waals surface area contributed by atoms with Crippen molar-refractivity contribution in [3.05, 3.63) is 29.3 Å². The molecule has 6 rings (SSSR count). The van der Waals surface area contributed by atoms with Gasteiger partial charge in [0.15, 0.2) is 0 Å². The zero-order valence-corrected chi connectivity index (χ0v) is 14.0. The Morgan fingerprint density at radius 3 is 2.91 bits per heavy atom. The minimum atomic E-state index is 0.378. The summed E-state index contributed by atoms with van der Waals surface area (Å²) >= 11 is 0. The summed E-state index contributed by atoms with van der Waals surface area (Å²) in [7, 11) is 0. The van der Waals surface area contributed by atoms with Gasteiger partial charge < -0.3 is 4.74 Å². The molecule has 0 amide bonds. The van der Waals surface area contributed by atoms with Crippen molar-refractivity contribution in [3.8, 4) is 5.75 Å². The molecule has 1 aromatic rings. The minimum absolute atomic E-state index is 0.378. The molecule has 2 aliphatic heterocycles. The van der Waals surface area contributed by atoms with E-state index in [1.807, 2.05) is 0 Å². The second kappa shape index (κ2) is 4.53. The monoisotopic (exact) mass is 309 g/mol. The Hall–Kier alpha value is -1.02. The Morgan fingerprint density at radius 1 is 1.13 bits per heavy atom. The lowest BCUT2D eigenvalue weighted by molar-refractivity contribution is -0.0591. The van der Waals surface area contributed by atoms with Gasteiger partial charge in [0.2, 0.25) is 0 Å². The topological polar surface area (TPSA) is 12.5 Å². The van der Waals surface area contributed by atoms with E-state index in [2.05, 4.69) is 23.1 Å². The first kappa shape index (κ1) is 13.3. The molecule has 122 valence electrons. The Morgan fingerprint density at radius 2 is 2.04 bits per heavy atom. The molecule has 3 aliphatic carbocycles. The number of ether oxygens (including phenoxy) is 1. The van der Waals surface area contributed by atoms with Crippen LogP contribution in [0, 0.1) is 11.8 Å². The highest BCUT2D eigenvalue weighted by Gasteiger charge is 2.62. The highest BCUT2D eigenvalue weighted by molar-refractivity contribution is 5.54. The van der Waals surface area contributed by atoms with Gasteiger partial charge in [-0.1, -0.05) is 18.6 Å². The summed E-state index contributed by atoms with van der Waals surface area (Å²) in [5.74, 6) is 3.09. The molecule has 4 atom stereocenters.